The van der Waals surface area contributed by atoms with E-state index in [1.165, 1.54) is 19.4 Å². The first-order valence-corrected chi connectivity index (χ1v) is 5.87. The Labute approximate surface area is 92.7 Å². The first-order chi connectivity index (χ1) is 6.70. The van der Waals surface area contributed by atoms with E-state index in [9.17, 15) is 0 Å². The maximum atomic E-state index is 5.53. The lowest BCUT2D eigenvalue weighted by Crippen LogP contribution is -2.47. The SMILES string of the molecule is COC1(C)CCCN(C/C=C/CS)C1. The fourth-order valence-electron chi connectivity index (χ4n) is 1.93. The number of nitrogens with zero attached hydrogens (tertiary/aromatic N) is 1. The maximum Gasteiger partial charge on any atom is 0.0777 e. The molecule has 1 aliphatic rings. The van der Waals surface area contributed by atoms with Gasteiger partial charge in [0.05, 0.1) is 5.60 Å². The van der Waals surface area contributed by atoms with Gasteiger partial charge in [0.2, 0.25) is 0 Å². The quantitative estimate of drug-likeness (QED) is 0.568. The molecule has 0 spiro atoms. The molecule has 82 valence electrons. The van der Waals surface area contributed by atoms with Crippen LogP contribution in [0.3, 0.4) is 0 Å². The molecule has 1 saturated heterocycles. The normalized spacial score (nSPS) is 29.9. The topological polar surface area (TPSA) is 12.5 Å². The van der Waals surface area contributed by atoms with Crippen molar-refractivity contribution >= 4 is 12.6 Å². The average Bonchev–Trinajstić information content (AvgIpc) is 2.19. The van der Waals surface area contributed by atoms with E-state index in [0.717, 1.165) is 18.8 Å². The summed E-state index contributed by atoms with van der Waals surface area (Å²) in [6.07, 6.45) is 6.70. The zero-order valence-corrected chi connectivity index (χ0v) is 10.1. The summed E-state index contributed by atoms with van der Waals surface area (Å²) >= 11 is 4.14. The summed E-state index contributed by atoms with van der Waals surface area (Å²) in [5, 5.41) is 0. The van der Waals surface area contributed by atoms with E-state index in [1.807, 2.05) is 7.11 Å². The van der Waals surface area contributed by atoms with Gasteiger partial charge in [-0.05, 0) is 26.3 Å². The number of thiol groups is 1. The van der Waals surface area contributed by atoms with Crippen LogP contribution in [0.5, 0.6) is 0 Å². The third-order valence-electron chi connectivity index (χ3n) is 2.87. The van der Waals surface area contributed by atoms with Gasteiger partial charge in [-0.15, -0.1) is 0 Å². The standard InChI is InChI=1S/C11H21NOS/c1-11(13-2)6-5-8-12(10-11)7-3-4-9-14/h3-4,14H,5-10H2,1-2H3/b4-3+. The highest BCUT2D eigenvalue weighted by Crippen LogP contribution is 2.23. The summed E-state index contributed by atoms with van der Waals surface area (Å²) in [4.78, 5) is 2.44. The van der Waals surface area contributed by atoms with Gasteiger partial charge >= 0.3 is 0 Å². The minimum atomic E-state index is 0.0626. The van der Waals surface area contributed by atoms with Crippen molar-refractivity contribution < 1.29 is 4.74 Å². The number of rotatable bonds is 4. The molecule has 1 atom stereocenters. The molecule has 0 radical (unpaired) electrons. The molecule has 1 rings (SSSR count). The summed E-state index contributed by atoms with van der Waals surface area (Å²) < 4.78 is 5.53. The molecule has 1 unspecified atom stereocenters. The lowest BCUT2D eigenvalue weighted by molar-refractivity contribution is -0.0478. The van der Waals surface area contributed by atoms with Crippen LogP contribution in [0.4, 0.5) is 0 Å². The first-order valence-electron chi connectivity index (χ1n) is 5.23. The van der Waals surface area contributed by atoms with E-state index >= 15 is 0 Å². The third kappa shape index (κ3) is 3.64. The first kappa shape index (κ1) is 12.1. The third-order valence-corrected chi connectivity index (χ3v) is 3.08. The van der Waals surface area contributed by atoms with Crippen molar-refractivity contribution in [1.29, 1.82) is 0 Å². The smallest absolute Gasteiger partial charge is 0.0777 e. The Morgan fingerprint density at radius 3 is 2.93 bits per heavy atom. The van der Waals surface area contributed by atoms with Gasteiger partial charge in [-0.1, -0.05) is 12.2 Å². The van der Waals surface area contributed by atoms with Gasteiger partial charge in [0.1, 0.15) is 0 Å². The molecule has 14 heavy (non-hydrogen) atoms. The minimum Gasteiger partial charge on any atom is -0.377 e. The Morgan fingerprint density at radius 1 is 1.50 bits per heavy atom. The second kappa shape index (κ2) is 5.79. The van der Waals surface area contributed by atoms with Crippen LogP contribution in [-0.4, -0.2) is 43.0 Å². The molecular weight excluding hydrogens is 194 g/mol. The Morgan fingerprint density at radius 2 is 2.29 bits per heavy atom. The fourth-order valence-corrected chi connectivity index (χ4v) is 2.08. The van der Waals surface area contributed by atoms with Crippen LogP contribution < -0.4 is 0 Å². The van der Waals surface area contributed by atoms with Crippen LogP contribution in [0.1, 0.15) is 19.8 Å². The maximum absolute atomic E-state index is 5.53. The van der Waals surface area contributed by atoms with Crippen LogP contribution in [0, 0.1) is 0 Å². The van der Waals surface area contributed by atoms with Gasteiger partial charge in [0, 0.05) is 26.0 Å². The number of ether oxygens (including phenoxy) is 1. The number of methoxy groups -OCH3 is 1. The zero-order valence-electron chi connectivity index (χ0n) is 9.20. The Balaban J connectivity index is 2.36. The second-order valence-electron chi connectivity index (χ2n) is 4.15. The number of piperidine rings is 1. The van der Waals surface area contributed by atoms with Crippen molar-refractivity contribution in [3.8, 4) is 0 Å². The van der Waals surface area contributed by atoms with Gasteiger partial charge in [-0.2, -0.15) is 12.6 Å². The van der Waals surface area contributed by atoms with E-state index in [1.54, 1.807) is 0 Å². The summed E-state index contributed by atoms with van der Waals surface area (Å²) in [6, 6.07) is 0. The van der Waals surface area contributed by atoms with Crippen LogP contribution in [0.15, 0.2) is 12.2 Å². The highest BCUT2D eigenvalue weighted by molar-refractivity contribution is 7.80. The van der Waals surface area contributed by atoms with Crippen molar-refractivity contribution in [1.82, 2.24) is 4.90 Å². The highest BCUT2D eigenvalue weighted by atomic mass is 32.1. The van der Waals surface area contributed by atoms with E-state index in [0.29, 0.717) is 0 Å². The number of hydrogen-bond donors (Lipinski definition) is 1. The van der Waals surface area contributed by atoms with E-state index in [2.05, 4.69) is 36.6 Å². The lowest BCUT2D eigenvalue weighted by Gasteiger charge is -2.39. The second-order valence-corrected chi connectivity index (χ2v) is 4.51. The van der Waals surface area contributed by atoms with Gasteiger partial charge in [-0.25, -0.2) is 0 Å². The zero-order chi connectivity index (χ0) is 10.4. The van der Waals surface area contributed by atoms with E-state index in [-0.39, 0.29) is 5.60 Å². The summed E-state index contributed by atoms with van der Waals surface area (Å²) in [5.41, 5.74) is 0.0626. The molecule has 0 amide bonds. The Bertz CT molecular complexity index is 196. The van der Waals surface area contributed by atoms with Gasteiger partial charge in [-0.3, -0.25) is 4.90 Å². The average molecular weight is 215 g/mol. The molecule has 0 aromatic heterocycles. The highest BCUT2D eigenvalue weighted by Gasteiger charge is 2.29. The van der Waals surface area contributed by atoms with Crippen LogP contribution >= 0.6 is 12.6 Å². The van der Waals surface area contributed by atoms with Crippen LogP contribution in [0.2, 0.25) is 0 Å². The van der Waals surface area contributed by atoms with Gasteiger partial charge in [0.25, 0.3) is 0 Å². The van der Waals surface area contributed by atoms with Crippen molar-refractivity contribution in [2.45, 2.75) is 25.4 Å². The minimum absolute atomic E-state index is 0.0626. The summed E-state index contributed by atoms with van der Waals surface area (Å²) in [5.74, 6) is 0.829. The molecular formula is C11H21NOS. The monoisotopic (exact) mass is 215 g/mol. The largest absolute Gasteiger partial charge is 0.377 e. The number of hydrogen-bond acceptors (Lipinski definition) is 3. The Hall–Kier alpha value is 0.01000. The van der Waals surface area contributed by atoms with Crippen molar-refractivity contribution in [2.75, 3.05) is 32.5 Å². The van der Waals surface area contributed by atoms with E-state index < -0.39 is 0 Å². The Kier molecular flexibility index (Phi) is 4.99. The van der Waals surface area contributed by atoms with Crippen LogP contribution in [-0.2, 0) is 4.74 Å². The molecule has 0 aliphatic carbocycles. The van der Waals surface area contributed by atoms with Crippen LogP contribution in [0.25, 0.3) is 0 Å². The molecule has 0 bridgehead atoms. The molecule has 1 aliphatic heterocycles. The molecule has 0 aromatic rings. The molecule has 0 aromatic carbocycles. The van der Waals surface area contributed by atoms with Crippen molar-refractivity contribution in [3.63, 3.8) is 0 Å². The summed E-state index contributed by atoms with van der Waals surface area (Å²) in [7, 11) is 1.81. The fraction of sp³-hybridized carbons (Fsp3) is 0.818. The lowest BCUT2D eigenvalue weighted by atomic mass is 9.95. The molecule has 0 saturated carbocycles. The molecule has 2 nitrogen and oxygen atoms in total. The van der Waals surface area contributed by atoms with Crippen molar-refractivity contribution in [3.05, 3.63) is 12.2 Å². The molecule has 1 heterocycles. The van der Waals surface area contributed by atoms with Crippen molar-refractivity contribution in [2.24, 2.45) is 0 Å². The molecule has 1 fully saturated rings. The molecule has 3 heteroatoms. The van der Waals surface area contributed by atoms with Gasteiger partial charge < -0.3 is 4.74 Å². The van der Waals surface area contributed by atoms with Gasteiger partial charge in [0.15, 0.2) is 0 Å². The number of likely N-dealkylation sites (tertiary alicyclic amines) is 1. The molecule has 0 N–H and O–H groups in total. The predicted octanol–water partition coefficient (Wildman–Crippen LogP) is 1.97. The summed E-state index contributed by atoms with van der Waals surface area (Å²) in [6.45, 7) is 5.46. The van der Waals surface area contributed by atoms with E-state index in [4.69, 9.17) is 4.74 Å². The predicted molar refractivity (Wildman–Crippen MR) is 64.1 cm³/mol.